The molecule has 0 spiro atoms. The molecule has 1 aliphatic heterocycles. The highest BCUT2D eigenvalue weighted by Crippen LogP contribution is 2.18. The molecule has 0 aliphatic carbocycles. The fourth-order valence-corrected chi connectivity index (χ4v) is 1.86. The summed E-state index contributed by atoms with van der Waals surface area (Å²) in [5.74, 6) is 0.145. The number of morpholine rings is 1. The van der Waals surface area contributed by atoms with Crippen molar-refractivity contribution in [1.29, 1.82) is 0 Å². The summed E-state index contributed by atoms with van der Waals surface area (Å²) in [5, 5.41) is 11.1. The van der Waals surface area contributed by atoms with Crippen LogP contribution in [0.1, 0.15) is 11.9 Å². The second-order valence-electron chi connectivity index (χ2n) is 3.66. The first-order valence-corrected chi connectivity index (χ1v) is 5.18. The predicted octanol–water partition coefficient (Wildman–Crippen LogP) is 0.529. The lowest BCUT2D eigenvalue weighted by atomic mass is 10.3. The molecule has 84 valence electrons. The molecule has 5 nitrogen and oxygen atoms in total. The minimum Gasteiger partial charge on any atom is -0.368 e. The van der Waals surface area contributed by atoms with E-state index in [0.717, 1.165) is 6.54 Å². The molecule has 1 N–H and O–H groups in total. The van der Waals surface area contributed by atoms with Gasteiger partial charge in [-0.05, 0) is 12.1 Å². The SMILES string of the molecule is Fc1cccc2nnc(C3CNCCO3)n12. The Bertz CT molecular complexity index is 506. The first-order valence-electron chi connectivity index (χ1n) is 5.18. The topological polar surface area (TPSA) is 51.5 Å². The molecule has 1 fully saturated rings. The van der Waals surface area contributed by atoms with Crippen LogP contribution in [0.2, 0.25) is 0 Å². The molecule has 3 heterocycles. The zero-order valence-electron chi connectivity index (χ0n) is 8.56. The highest BCUT2D eigenvalue weighted by Gasteiger charge is 2.22. The minimum absolute atomic E-state index is 0.236. The van der Waals surface area contributed by atoms with Crippen molar-refractivity contribution in [1.82, 2.24) is 19.9 Å². The number of aromatic nitrogens is 3. The molecule has 2 aromatic heterocycles. The van der Waals surface area contributed by atoms with E-state index < -0.39 is 0 Å². The molecule has 1 atom stereocenters. The van der Waals surface area contributed by atoms with E-state index in [1.165, 1.54) is 10.5 Å². The van der Waals surface area contributed by atoms with Crippen molar-refractivity contribution in [2.24, 2.45) is 0 Å². The number of fused-ring (bicyclic) bond motifs is 1. The van der Waals surface area contributed by atoms with Gasteiger partial charge in [-0.15, -0.1) is 10.2 Å². The molecule has 16 heavy (non-hydrogen) atoms. The van der Waals surface area contributed by atoms with Crippen molar-refractivity contribution >= 4 is 5.65 Å². The monoisotopic (exact) mass is 222 g/mol. The van der Waals surface area contributed by atoms with E-state index in [2.05, 4.69) is 15.5 Å². The van der Waals surface area contributed by atoms with Gasteiger partial charge in [-0.25, -0.2) is 0 Å². The van der Waals surface area contributed by atoms with Gasteiger partial charge in [0.25, 0.3) is 0 Å². The Labute approximate surface area is 91.2 Å². The molecule has 0 saturated carbocycles. The standard InChI is InChI=1S/C10H11FN4O/c11-8-2-1-3-9-13-14-10(15(8)9)7-6-12-4-5-16-7/h1-3,7,12H,4-6H2. The minimum atomic E-state index is -0.369. The van der Waals surface area contributed by atoms with Crippen LogP contribution < -0.4 is 5.32 Å². The maximum absolute atomic E-state index is 13.6. The fourth-order valence-electron chi connectivity index (χ4n) is 1.86. The van der Waals surface area contributed by atoms with Gasteiger partial charge >= 0.3 is 0 Å². The Balaban J connectivity index is 2.09. The maximum atomic E-state index is 13.6. The van der Waals surface area contributed by atoms with Crippen LogP contribution in [0.3, 0.4) is 0 Å². The van der Waals surface area contributed by atoms with Gasteiger partial charge in [0.15, 0.2) is 11.5 Å². The summed E-state index contributed by atoms with van der Waals surface area (Å²) in [6.07, 6.45) is -0.236. The molecule has 0 amide bonds. The molecular weight excluding hydrogens is 211 g/mol. The smallest absolute Gasteiger partial charge is 0.200 e. The molecule has 0 bridgehead atoms. The van der Waals surface area contributed by atoms with Crippen LogP contribution in [-0.4, -0.2) is 34.3 Å². The van der Waals surface area contributed by atoms with E-state index in [4.69, 9.17) is 4.74 Å². The van der Waals surface area contributed by atoms with Crippen molar-refractivity contribution in [2.45, 2.75) is 6.10 Å². The third-order valence-electron chi connectivity index (χ3n) is 2.62. The van der Waals surface area contributed by atoms with Gasteiger partial charge in [-0.3, -0.25) is 4.40 Å². The number of hydrogen-bond acceptors (Lipinski definition) is 4. The summed E-state index contributed by atoms with van der Waals surface area (Å²) < 4.78 is 20.6. The van der Waals surface area contributed by atoms with Gasteiger partial charge in [0, 0.05) is 13.1 Å². The van der Waals surface area contributed by atoms with Crippen molar-refractivity contribution in [2.75, 3.05) is 19.7 Å². The van der Waals surface area contributed by atoms with Gasteiger partial charge in [-0.2, -0.15) is 4.39 Å². The molecule has 6 heteroatoms. The number of ether oxygens (including phenoxy) is 1. The van der Waals surface area contributed by atoms with E-state index in [-0.39, 0.29) is 12.1 Å². The predicted molar refractivity (Wildman–Crippen MR) is 54.5 cm³/mol. The van der Waals surface area contributed by atoms with Gasteiger partial charge in [0.05, 0.1) is 6.61 Å². The van der Waals surface area contributed by atoms with Gasteiger partial charge in [-0.1, -0.05) is 6.07 Å². The molecule has 1 unspecified atom stereocenters. The molecular formula is C10H11FN4O. The Morgan fingerprint density at radius 2 is 2.38 bits per heavy atom. The van der Waals surface area contributed by atoms with Gasteiger partial charge < -0.3 is 10.1 Å². The summed E-state index contributed by atoms with van der Waals surface area (Å²) in [4.78, 5) is 0. The van der Waals surface area contributed by atoms with Crippen LogP contribution in [0.4, 0.5) is 4.39 Å². The second-order valence-corrected chi connectivity index (χ2v) is 3.66. The third kappa shape index (κ3) is 1.46. The van der Waals surface area contributed by atoms with Crippen molar-refractivity contribution in [3.63, 3.8) is 0 Å². The summed E-state index contributed by atoms with van der Waals surface area (Å²) in [6.45, 7) is 2.05. The van der Waals surface area contributed by atoms with E-state index in [1.54, 1.807) is 12.1 Å². The van der Waals surface area contributed by atoms with Crippen LogP contribution >= 0.6 is 0 Å². The Hall–Kier alpha value is -1.53. The van der Waals surface area contributed by atoms with E-state index >= 15 is 0 Å². The first kappa shape index (κ1) is 9.68. The van der Waals surface area contributed by atoms with Gasteiger partial charge in [0.1, 0.15) is 6.10 Å². The Morgan fingerprint density at radius 3 is 3.19 bits per heavy atom. The molecule has 2 aromatic rings. The van der Waals surface area contributed by atoms with Crippen LogP contribution in [0, 0.1) is 5.95 Å². The zero-order chi connectivity index (χ0) is 11.0. The average molecular weight is 222 g/mol. The van der Waals surface area contributed by atoms with Crippen LogP contribution in [-0.2, 0) is 4.74 Å². The largest absolute Gasteiger partial charge is 0.368 e. The summed E-state index contributed by atoms with van der Waals surface area (Å²) >= 11 is 0. The fraction of sp³-hybridized carbons (Fsp3) is 0.400. The number of halogens is 1. The van der Waals surface area contributed by atoms with Crippen LogP contribution in [0.25, 0.3) is 5.65 Å². The highest BCUT2D eigenvalue weighted by atomic mass is 19.1. The number of nitrogens with zero attached hydrogens (tertiary/aromatic N) is 3. The lowest BCUT2D eigenvalue weighted by molar-refractivity contribution is 0.0210. The van der Waals surface area contributed by atoms with E-state index in [1.807, 2.05) is 0 Å². The van der Waals surface area contributed by atoms with Crippen molar-refractivity contribution in [3.8, 4) is 0 Å². The zero-order valence-corrected chi connectivity index (χ0v) is 8.56. The van der Waals surface area contributed by atoms with Crippen LogP contribution in [0.15, 0.2) is 18.2 Å². The molecule has 3 rings (SSSR count). The average Bonchev–Trinajstić information content (AvgIpc) is 2.75. The van der Waals surface area contributed by atoms with E-state index in [9.17, 15) is 4.39 Å². The lowest BCUT2D eigenvalue weighted by Crippen LogP contribution is -2.34. The number of rotatable bonds is 1. The number of pyridine rings is 1. The Morgan fingerprint density at radius 1 is 1.44 bits per heavy atom. The summed E-state index contributed by atoms with van der Waals surface area (Å²) in [6, 6.07) is 4.72. The Kier molecular flexibility index (Phi) is 2.30. The molecule has 0 radical (unpaired) electrons. The first-order chi connectivity index (χ1) is 7.86. The van der Waals surface area contributed by atoms with Crippen molar-refractivity contribution < 1.29 is 9.13 Å². The van der Waals surface area contributed by atoms with Crippen LogP contribution in [0.5, 0.6) is 0 Å². The van der Waals surface area contributed by atoms with E-state index in [0.29, 0.717) is 24.6 Å². The number of nitrogens with one attached hydrogen (secondary N) is 1. The quantitative estimate of drug-likeness (QED) is 0.715. The summed E-state index contributed by atoms with van der Waals surface area (Å²) in [7, 11) is 0. The molecule has 1 aliphatic rings. The summed E-state index contributed by atoms with van der Waals surface area (Å²) in [5.41, 5.74) is 0.504. The maximum Gasteiger partial charge on any atom is 0.200 e. The van der Waals surface area contributed by atoms with Crippen molar-refractivity contribution in [3.05, 3.63) is 30.0 Å². The second kappa shape index (κ2) is 3.80. The normalized spacial score (nSPS) is 21.4. The molecule has 0 aromatic carbocycles. The lowest BCUT2D eigenvalue weighted by Gasteiger charge is -2.22. The number of hydrogen-bond donors (Lipinski definition) is 1. The highest BCUT2D eigenvalue weighted by molar-refractivity contribution is 5.38. The van der Waals surface area contributed by atoms with Gasteiger partial charge in [0.2, 0.25) is 5.95 Å². The molecule has 1 saturated heterocycles. The third-order valence-corrected chi connectivity index (χ3v) is 2.62.